The van der Waals surface area contributed by atoms with E-state index in [9.17, 15) is 0 Å². The molecule has 1 aromatic carbocycles. The lowest BCUT2D eigenvalue weighted by atomic mass is 9.79. The lowest BCUT2D eigenvalue weighted by Crippen LogP contribution is -2.17. The molecule has 1 aromatic rings. The molecule has 0 spiro atoms. The van der Waals surface area contributed by atoms with E-state index in [1.807, 2.05) is 0 Å². The van der Waals surface area contributed by atoms with Gasteiger partial charge in [-0.05, 0) is 78.7 Å². The molecule has 2 N–H and O–H groups in total. The lowest BCUT2D eigenvalue weighted by Gasteiger charge is -2.26. The van der Waals surface area contributed by atoms with E-state index in [1.165, 1.54) is 44.1 Å². The zero-order valence-corrected chi connectivity index (χ0v) is 12.2. The summed E-state index contributed by atoms with van der Waals surface area (Å²) in [4.78, 5) is 0. The maximum atomic E-state index is 6.62. The molecule has 5 rings (SSSR count). The summed E-state index contributed by atoms with van der Waals surface area (Å²) in [6, 6.07) is 9.67. The largest absolute Gasteiger partial charge is 0.324 e. The summed E-state index contributed by atoms with van der Waals surface area (Å²) in [5.74, 6) is 5.72. The Morgan fingerprint density at radius 3 is 2.10 bits per heavy atom. The van der Waals surface area contributed by atoms with Gasteiger partial charge in [0, 0.05) is 6.04 Å². The van der Waals surface area contributed by atoms with Gasteiger partial charge in [-0.25, -0.2) is 0 Å². The predicted octanol–water partition coefficient (Wildman–Crippen LogP) is 4.25. The van der Waals surface area contributed by atoms with Gasteiger partial charge in [-0.3, -0.25) is 0 Å². The van der Waals surface area contributed by atoms with Crippen molar-refractivity contribution in [2.45, 2.75) is 50.5 Å². The highest BCUT2D eigenvalue weighted by Crippen LogP contribution is 2.71. The van der Waals surface area contributed by atoms with Crippen molar-refractivity contribution in [2.75, 3.05) is 0 Å². The average Bonchev–Trinajstić information content (AvgIpc) is 2.84. The van der Waals surface area contributed by atoms with E-state index in [2.05, 4.69) is 24.3 Å². The van der Waals surface area contributed by atoms with Gasteiger partial charge >= 0.3 is 0 Å². The van der Waals surface area contributed by atoms with E-state index in [0.29, 0.717) is 6.04 Å². The highest BCUT2D eigenvalue weighted by atomic mass is 14.8. The van der Waals surface area contributed by atoms with Crippen LogP contribution in [0.3, 0.4) is 0 Å². The molecule has 0 aliphatic heterocycles. The molecule has 0 saturated heterocycles. The Labute approximate surface area is 121 Å². The Morgan fingerprint density at radius 2 is 1.55 bits per heavy atom. The second-order valence-corrected chi connectivity index (χ2v) is 7.89. The second-order valence-electron chi connectivity index (χ2n) is 7.89. The van der Waals surface area contributed by atoms with Gasteiger partial charge in [-0.15, -0.1) is 0 Å². The van der Waals surface area contributed by atoms with E-state index in [-0.39, 0.29) is 0 Å². The van der Waals surface area contributed by atoms with Gasteiger partial charge in [0.15, 0.2) is 0 Å². The normalized spacial score (nSPS) is 43.1. The molecular weight excluding hydrogens is 242 g/mol. The molecule has 1 nitrogen and oxygen atoms in total. The van der Waals surface area contributed by atoms with Crippen LogP contribution in [0.2, 0.25) is 0 Å². The van der Waals surface area contributed by atoms with E-state index in [0.717, 1.165) is 35.5 Å². The molecule has 4 fully saturated rings. The Balaban J connectivity index is 1.33. The standard InChI is InChI=1S/C19H25N/c20-19(18-16-14-8-9-15(10-14)17(16)18)13-6-4-12(5-7-13)11-2-1-3-11/h4-7,11,14-19H,1-3,8-10,20H2. The van der Waals surface area contributed by atoms with Crippen LogP contribution in [0.4, 0.5) is 0 Å². The SMILES string of the molecule is NC(c1ccc(C2CCC2)cc1)C1C2C3CCC(C3)C21. The molecule has 1 heteroatoms. The molecule has 0 amide bonds. The minimum atomic E-state index is 0.309. The summed E-state index contributed by atoms with van der Waals surface area (Å²) < 4.78 is 0. The van der Waals surface area contributed by atoms with Gasteiger partial charge in [0.05, 0.1) is 0 Å². The maximum Gasteiger partial charge on any atom is 0.0329 e. The zero-order chi connectivity index (χ0) is 13.3. The summed E-state index contributed by atoms with van der Waals surface area (Å²) in [5, 5.41) is 0. The van der Waals surface area contributed by atoms with Gasteiger partial charge < -0.3 is 5.73 Å². The first-order chi connectivity index (χ1) is 9.83. The zero-order valence-electron chi connectivity index (χ0n) is 12.2. The molecule has 2 bridgehead atoms. The molecule has 5 atom stereocenters. The third-order valence-electron chi connectivity index (χ3n) is 7.11. The van der Waals surface area contributed by atoms with Crippen molar-refractivity contribution in [1.29, 1.82) is 0 Å². The molecule has 106 valence electrons. The van der Waals surface area contributed by atoms with Crippen LogP contribution in [0.25, 0.3) is 0 Å². The number of nitrogens with two attached hydrogens (primary N) is 1. The fourth-order valence-corrected chi connectivity index (χ4v) is 5.83. The smallest absolute Gasteiger partial charge is 0.0329 e. The first-order valence-corrected chi connectivity index (χ1v) is 8.68. The van der Waals surface area contributed by atoms with Crippen LogP contribution < -0.4 is 5.73 Å². The minimum Gasteiger partial charge on any atom is -0.324 e. The van der Waals surface area contributed by atoms with Gasteiger partial charge in [-0.2, -0.15) is 0 Å². The Kier molecular flexibility index (Phi) is 2.42. The maximum absolute atomic E-state index is 6.62. The van der Waals surface area contributed by atoms with Crippen LogP contribution in [0.5, 0.6) is 0 Å². The fourth-order valence-electron chi connectivity index (χ4n) is 5.83. The van der Waals surface area contributed by atoms with E-state index < -0.39 is 0 Å². The molecule has 4 saturated carbocycles. The fraction of sp³-hybridized carbons (Fsp3) is 0.684. The molecule has 20 heavy (non-hydrogen) atoms. The van der Waals surface area contributed by atoms with E-state index in [1.54, 1.807) is 5.56 Å². The van der Waals surface area contributed by atoms with E-state index >= 15 is 0 Å². The van der Waals surface area contributed by atoms with Crippen LogP contribution in [0.1, 0.15) is 61.6 Å². The van der Waals surface area contributed by atoms with Crippen molar-refractivity contribution in [1.82, 2.24) is 0 Å². The highest BCUT2D eigenvalue weighted by Gasteiger charge is 2.66. The third kappa shape index (κ3) is 1.53. The van der Waals surface area contributed by atoms with Crippen molar-refractivity contribution >= 4 is 0 Å². The van der Waals surface area contributed by atoms with Crippen LogP contribution >= 0.6 is 0 Å². The van der Waals surface area contributed by atoms with Crippen molar-refractivity contribution in [3.8, 4) is 0 Å². The number of fused-ring (bicyclic) bond motifs is 5. The molecule has 4 aliphatic carbocycles. The highest BCUT2D eigenvalue weighted by molar-refractivity contribution is 5.31. The lowest BCUT2D eigenvalue weighted by molar-refractivity contribution is 0.414. The molecule has 0 heterocycles. The Hall–Kier alpha value is -0.820. The molecular formula is C19H25N. The van der Waals surface area contributed by atoms with Gasteiger partial charge in [0.25, 0.3) is 0 Å². The first-order valence-electron chi connectivity index (χ1n) is 8.68. The number of hydrogen-bond acceptors (Lipinski definition) is 1. The molecule has 0 radical (unpaired) electrons. The second kappa shape index (κ2) is 4.10. The monoisotopic (exact) mass is 267 g/mol. The number of hydrogen-bond donors (Lipinski definition) is 1. The van der Waals surface area contributed by atoms with Crippen molar-refractivity contribution < 1.29 is 0 Å². The van der Waals surface area contributed by atoms with Crippen molar-refractivity contribution in [2.24, 2.45) is 35.3 Å². The quantitative estimate of drug-likeness (QED) is 0.870. The summed E-state index contributed by atoms with van der Waals surface area (Å²) in [6.07, 6.45) is 8.72. The van der Waals surface area contributed by atoms with Crippen LogP contribution in [0.15, 0.2) is 24.3 Å². The van der Waals surface area contributed by atoms with Crippen LogP contribution in [-0.4, -0.2) is 0 Å². The van der Waals surface area contributed by atoms with Gasteiger partial charge in [0.2, 0.25) is 0 Å². The summed E-state index contributed by atoms with van der Waals surface area (Å²) in [5.41, 5.74) is 9.56. The van der Waals surface area contributed by atoms with E-state index in [4.69, 9.17) is 5.73 Å². The first kappa shape index (κ1) is 11.8. The van der Waals surface area contributed by atoms with Crippen LogP contribution in [0, 0.1) is 29.6 Å². The minimum absolute atomic E-state index is 0.309. The van der Waals surface area contributed by atoms with Gasteiger partial charge in [-0.1, -0.05) is 30.7 Å². The van der Waals surface area contributed by atoms with Crippen LogP contribution in [-0.2, 0) is 0 Å². The molecule has 4 aliphatic rings. The average molecular weight is 267 g/mol. The molecule has 0 aromatic heterocycles. The van der Waals surface area contributed by atoms with Crippen molar-refractivity contribution in [3.05, 3.63) is 35.4 Å². The number of rotatable bonds is 3. The predicted molar refractivity (Wildman–Crippen MR) is 81.3 cm³/mol. The summed E-state index contributed by atoms with van der Waals surface area (Å²) in [6.45, 7) is 0. The summed E-state index contributed by atoms with van der Waals surface area (Å²) in [7, 11) is 0. The Bertz CT molecular complexity index is 499. The topological polar surface area (TPSA) is 26.0 Å². The summed E-state index contributed by atoms with van der Waals surface area (Å²) >= 11 is 0. The third-order valence-corrected chi connectivity index (χ3v) is 7.11. The Morgan fingerprint density at radius 1 is 0.900 bits per heavy atom. The van der Waals surface area contributed by atoms with Gasteiger partial charge in [0.1, 0.15) is 0 Å². The molecule has 5 unspecified atom stereocenters. The number of benzene rings is 1. The van der Waals surface area contributed by atoms with Crippen molar-refractivity contribution in [3.63, 3.8) is 0 Å².